The summed E-state index contributed by atoms with van der Waals surface area (Å²) in [5.74, 6) is 0.901. The number of hydrogen-bond acceptors (Lipinski definition) is 3. The normalized spacial score (nSPS) is 32.4. The fourth-order valence-electron chi connectivity index (χ4n) is 3.15. The summed E-state index contributed by atoms with van der Waals surface area (Å²) in [5, 5.41) is 3.63. The Bertz CT molecular complexity index is 195. The highest BCUT2D eigenvalue weighted by atomic mass is 15.2. The van der Waals surface area contributed by atoms with Crippen LogP contribution in [-0.2, 0) is 0 Å². The zero-order valence-corrected chi connectivity index (χ0v) is 10.9. The molecule has 2 rings (SSSR count). The van der Waals surface area contributed by atoms with Crippen molar-refractivity contribution in [2.75, 3.05) is 46.8 Å². The topological polar surface area (TPSA) is 18.5 Å². The molecular weight excluding hydrogens is 198 g/mol. The summed E-state index contributed by atoms with van der Waals surface area (Å²) in [6.45, 7) is 6.33. The minimum Gasteiger partial charge on any atom is -0.313 e. The van der Waals surface area contributed by atoms with Crippen LogP contribution in [0.15, 0.2) is 0 Å². The minimum absolute atomic E-state index is 0.748. The Morgan fingerprint density at radius 2 is 2.12 bits per heavy atom. The molecule has 2 aliphatic rings. The Labute approximate surface area is 100 Å². The summed E-state index contributed by atoms with van der Waals surface area (Å²) < 4.78 is 0. The van der Waals surface area contributed by atoms with Crippen LogP contribution < -0.4 is 5.32 Å². The molecule has 94 valence electrons. The van der Waals surface area contributed by atoms with Gasteiger partial charge in [0.15, 0.2) is 0 Å². The highest BCUT2D eigenvalue weighted by molar-refractivity contribution is 4.79. The van der Waals surface area contributed by atoms with Crippen molar-refractivity contribution in [3.63, 3.8) is 0 Å². The second-order valence-corrected chi connectivity index (χ2v) is 5.78. The molecule has 0 bridgehead atoms. The highest BCUT2D eigenvalue weighted by Gasteiger charge is 2.22. The van der Waals surface area contributed by atoms with Crippen LogP contribution in [-0.4, -0.2) is 62.7 Å². The molecule has 2 unspecified atom stereocenters. The molecule has 0 aromatic heterocycles. The quantitative estimate of drug-likeness (QED) is 0.770. The van der Waals surface area contributed by atoms with Gasteiger partial charge in [0, 0.05) is 25.7 Å². The summed E-state index contributed by atoms with van der Waals surface area (Å²) in [7, 11) is 4.53. The molecule has 0 spiro atoms. The van der Waals surface area contributed by atoms with Crippen LogP contribution in [0.2, 0.25) is 0 Å². The highest BCUT2D eigenvalue weighted by Crippen LogP contribution is 2.16. The van der Waals surface area contributed by atoms with Crippen LogP contribution in [0.25, 0.3) is 0 Å². The fraction of sp³-hybridized carbons (Fsp3) is 1.00. The molecule has 3 heteroatoms. The number of likely N-dealkylation sites (tertiary alicyclic amines) is 1. The number of hydrogen-bond donors (Lipinski definition) is 1. The third-order valence-corrected chi connectivity index (χ3v) is 4.00. The van der Waals surface area contributed by atoms with E-state index in [9.17, 15) is 0 Å². The lowest BCUT2D eigenvalue weighted by molar-refractivity contribution is 0.230. The second kappa shape index (κ2) is 5.99. The molecule has 16 heavy (non-hydrogen) atoms. The van der Waals surface area contributed by atoms with Crippen LogP contribution in [0.3, 0.4) is 0 Å². The molecule has 2 aliphatic heterocycles. The number of nitrogens with zero attached hydrogens (tertiary/aromatic N) is 2. The van der Waals surface area contributed by atoms with E-state index in [4.69, 9.17) is 0 Å². The van der Waals surface area contributed by atoms with Crippen LogP contribution in [0.4, 0.5) is 0 Å². The van der Waals surface area contributed by atoms with E-state index >= 15 is 0 Å². The molecule has 2 saturated heterocycles. The van der Waals surface area contributed by atoms with Crippen molar-refractivity contribution < 1.29 is 0 Å². The van der Waals surface area contributed by atoms with E-state index in [1.165, 1.54) is 58.4 Å². The maximum absolute atomic E-state index is 3.63. The van der Waals surface area contributed by atoms with Gasteiger partial charge in [-0.05, 0) is 52.4 Å². The number of piperidine rings is 1. The standard InChI is InChI=1S/C13H27N3/c1-15-8-6-12(9-15)10-16(2)11-13-5-3-4-7-14-13/h12-14H,3-11H2,1-2H3. The first kappa shape index (κ1) is 12.3. The predicted molar refractivity (Wildman–Crippen MR) is 68.7 cm³/mol. The van der Waals surface area contributed by atoms with E-state index in [0.29, 0.717) is 0 Å². The Hall–Kier alpha value is -0.120. The Morgan fingerprint density at radius 1 is 1.25 bits per heavy atom. The minimum atomic E-state index is 0.748. The lowest BCUT2D eigenvalue weighted by Crippen LogP contribution is -2.43. The van der Waals surface area contributed by atoms with Gasteiger partial charge in [0.2, 0.25) is 0 Å². The van der Waals surface area contributed by atoms with Crippen LogP contribution >= 0.6 is 0 Å². The molecule has 0 aromatic rings. The molecule has 0 aliphatic carbocycles. The monoisotopic (exact) mass is 225 g/mol. The van der Waals surface area contributed by atoms with E-state index in [1.807, 2.05) is 0 Å². The van der Waals surface area contributed by atoms with E-state index in [2.05, 4.69) is 29.2 Å². The van der Waals surface area contributed by atoms with Crippen LogP contribution in [0, 0.1) is 5.92 Å². The lowest BCUT2D eigenvalue weighted by Gasteiger charge is -2.29. The summed E-state index contributed by atoms with van der Waals surface area (Å²) in [5.41, 5.74) is 0. The van der Waals surface area contributed by atoms with Gasteiger partial charge in [0.05, 0.1) is 0 Å². The van der Waals surface area contributed by atoms with Crippen molar-refractivity contribution in [2.24, 2.45) is 5.92 Å². The molecule has 1 N–H and O–H groups in total. The van der Waals surface area contributed by atoms with Gasteiger partial charge in [0.25, 0.3) is 0 Å². The summed E-state index contributed by atoms with van der Waals surface area (Å²) in [6, 6.07) is 0.748. The number of rotatable bonds is 4. The molecule has 0 radical (unpaired) electrons. The molecule has 0 amide bonds. The predicted octanol–water partition coefficient (Wildman–Crippen LogP) is 1.01. The average Bonchev–Trinajstić information content (AvgIpc) is 2.65. The largest absolute Gasteiger partial charge is 0.313 e. The van der Waals surface area contributed by atoms with E-state index < -0.39 is 0 Å². The molecule has 2 fully saturated rings. The first-order valence-corrected chi connectivity index (χ1v) is 6.84. The SMILES string of the molecule is CN1CCC(CN(C)CC2CCCCN2)C1. The van der Waals surface area contributed by atoms with Crippen LogP contribution in [0.1, 0.15) is 25.7 Å². The number of likely N-dealkylation sites (N-methyl/N-ethyl adjacent to an activating group) is 1. The lowest BCUT2D eigenvalue weighted by atomic mass is 10.0. The van der Waals surface area contributed by atoms with E-state index in [1.54, 1.807) is 0 Å². The van der Waals surface area contributed by atoms with Crippen molar-refractivity contribution >= 4 is 0 Å². The maximum Gasteiger partial charge on any atom is 0.0194 e. The van der Waals surface area contributed by atoms with Gasteiger partial charge < -0.3 is 15.1 Å². The van der Waals surface area contributed by atoms with Gasteiger partial charge in [-0.15, -0.1) is 0 Å². The first-order chi connectivity index (χ1) is 7.74. The van der Waals surface area contributed by atoms with Crippen LogP contribution in [0.5, 0.6) is 0 Å². The smallest absolute Gasteiger partial charge is 0.0194 e. The zero-order chi connectivity index (χ0) is 11.4. The van der Waals surface area contributed by atoms with Crippen molar-refractivity contribution in [1.29, 1.82) is 0 Å². The van der Waals surface area contributed by atoms with Gasteiger partial charge in [0.1, 0.15) is 0 Å². The molecular formula is C13H27N3. The van der Waals surface area contributed by atoms with Gasteiger partial charge in [-0.1, -0.05) is 6.42 Å². The van der Waals surface area contributed by atoms with Gasteiger partial charge in [-0.2, -0.15) is 0 Å². The summed E-state index contributed by atoms with van der Waals surface area (Å²) in [4.78, 5) is 4.99. The Balaban J connectivity index is 1.65. The van der Waals surface area contributed by atoms with Gasteiger partial charge in [-0.25, -0.2) is 0 Å². The zero-order valence-electron chi connectivity index (χ0n) is 10.9. The second-order valence-electron chi connectivity index (χ2n) is 5.78. The molecule has 0 saturated carbocycles. The number of nitrogens with one attached hydrogen (secondary N) is 1. The third kappa shape index (κ3) is 3.72. The first-order valence-electron chi connectivity index (χ1n) is 6.84. The van der Waals surface area contributed by atoms with Crippen molar-refractivity contribution in [1.82, 2.24) is 15.1 Å². The van der Waals surface area contributed by atoms with E-state index in [0.717, 1.165) is 12.0 Å². The fourth-order valence-corrected chi connectivity index (χ4v) is 3.15. The van der Waals surface area contributed by atoms with Crippen molar-refractivity contribution in [2.45, 2.75) is 31.7 Å². The maximum atomic E-state index is 3.63. The summed E-state index contributed by atoms with van der Waals surface area (Å²) in [6.07, 6.45) is 5.54. The van der Waals surface area contributed by atoms with Gasteiger partial charge >= 0.3 is 0 Å². The third-order valence-electron chi connectivity index (χ3n) is 4.00. The molecule has 0 aromatic carbocycles. The van der Waals surface area contributed by atoms with Gasteiger partial charge in [-0.3, -0.25) is 0 Å². The van der Waals surface area contributed by atoms with Crippen molar-refractivity contribution in [3.05, 3.63) is 0 Å². The van der Waals surface area contributed by atoms with Crippen molar-refractivity contribution in [3.8, 4) is 0 Å². The van der Waals surface area contributed by atoms with E-state index in [-0.39, 0.29) is 0 Å². The average molecular weight is 225 g/mol. The molecule has 2 atom stereocenters. The molecule has 2 heterocycles. The Morgan fingerprint density at radius 3 is 2.75 bits per heavy atom. The summed E-state index contributed by atoms with van der Waals surface area (Å²) >= 11 is 0. The molecule has 3 nitrogen and oxygen atoms in total. The Kier molecular flexibility index (Phi) is 4.62.